The number of rotatable bonds is 7. The van der Waals surface area contributed by atoms with Crippen LogP contribution in [0.25, 0.3) is 0 Å². The zero-order valence-electron chi connectivity index (χ0n) is 12.6. The van der Waals surface area contributed by atoms with Crippen LogP contribution in [0.3, 0.4) is 0 Å². The number of aromatic nitrogens is 2. The summed E-state index contributed by atoms with van der Waals surface area (Å²) in [4.78, 5) is 10.7. The van der Waals surface area contributed by atoms with Crippen molar-refractivity contribution in [2.75, 3.05) is 18.6 Å². The van der Waals surface area contributed by atoms with E-state index >= 15 is 0 Å². The van der Waals surface area contributed by atoms with Crippen molar-refractivity contribution in [1.29, 1.82) is 0 Å². The van der Waals surface area contributed by atoms with Crippen LogP contribution in [0.5, 0.6) is 5.88 Å². The van der Waals surface area contributed by atoms with Crippen molar-refractivity contribution in [3.05, 3.63) is 47.7 Å². The van der Waals surface area contributed by atoms with Gasteiger partial charge in [0, 0.05) is 32.4 Å². The highest BCUT2D eigenvalue weighted by molar-refractivity contribution is 5.35. The minimum Gasteiger partial charge on any atom is -0.478 e. The molecule has 0 amide bonds. The molecule has 2 rings (SSSR count). The number of ether oxygens (including phenoxy) is 1. The fourth-order valence-corrected chi connectivity index (χ4v) is 2.04. The van der Waals surface area contributed by atoms with Crippen LogP contribution in [0.15, 0.2) is 36.5 Å². The van der Waals surface area contributed by atoms with Gasteiger partial charge in [0.25, 0.3) is 0 Å². The van der Waals surface area contributed by atoms with Crippen molar-refractivity contribution < 1.29 is 4.74 Å². The quantitative estimate of drug-likeness (QED) is 0.846. The highest BCUT2D eigenvalue weighted by Crippen LogP contribution is 2.16. The fourth-order valence-electron chi connectivity index (χ4n) is 2.04. The summed E-state index contributed by atoms with van der Waals surface area (Å²) in [7, 11) is 1.96. The Morgan fingerprint density at radius 3 is 2.67 bits per heavy atom. The largest absolute Gasteiger partial charge is 0.478 e. The molecule has 0 unspecified atom stereocenters. The average molecular weight is 286 g/mol. The molecular formula is C16H22N4O. The number of hydrogen-bond acceptors (Lipinski definition) is 5. The van der Waals surface area contributed by atoms with Crippen LogP contribution in [0.1, 0.15) is 24.5 Å². The first-order valence-corrected chi connectivity index (χ1v) is 7.18. The van der Waals surface area contributed by atoms with Crippen molar-refractivity contribution in [1.82, 2.24) is 9.97 Å². The second-order valence-corrected chi connectivity index (χ2v) is 4.87. The molecule has 112 valence electrons. The van der Waals surface area contributed by atoms with Crippen LogP contribution in [-0.2, 0) is 13.1 Å². The van der Waals surface area contributed by atoms with Crippen LogP contribution >= 0.6 is 0 Å². The highest BCUT2D eigenvalue weighted by Gasteiger charge is 2.09. The third-order valence-corrected chi connectivity index (χ3v) is 3.16. The summed E-state index contributed by atoms with van der Waals surface area (Å²) < 4.78 is 5.54. The SMILES string of the molecule is CCCOc1ccnc(N(C)Cc2ccccc2CN)n1. The second kappa shape index (κ2) is 7.59. The van der Waals surface area contributed by atoms with Gasteiger partial charge >= 0.3 is 0 Å². The van der Waals surface area contributed by atoms with E-state index in [9.17, 15) is 0 Å². The molecule has 0 fully saturated rings. The van der Waals surface area contributed by atoms with E-state index in [-0.39, 0.29) is 0 Å². The van der Waals surface area contributed by atoms with Gasteiger partial charge in [0.15, 0.2) is 0 Å². The number of benzene rings is 1. The first-order valence-electron chi connectivity index (χ1n) is 7.18. The summed E-state index contributed by atoms with van der Waals surface area (Å²) in [5.74, 6) is 1.26. The molecule has 0 aliphatic carbocycles. The Labute approximate surface area is 125 Å². The monoisotopic (exact) mass is 286 g/mol. The minimum atomic E-state index is 0.532. The molecular weight excluding hydrogens is 264 g/mol. The smallest absolute Gasteiger partial charge is 0.228 e. The Kier molecular flexibility index (Phi) is 5.51. The lowest BCUT2D eigenvalue weighted by molar-refractivity contribution is 0.305. The maximum Gasteiger partial charge on any atom is 0.228 e. The molecule has 1 aromatic heterocycles. The number of anilines is 1. The number of hydrogen-bond donors (Lipinski definition) is 1. The third-order valence-electron chi connectivity index (χ3n) is 3.16. The molecule has 21 heavy (non-hydrogen) atoms. The normalized spacial score (nSPS) is 10.4. The van der Waals surface area contributed by atoms with Gasteiger partial charge in [0.05, 0.1) is 6.61 Å². The number of nitrogens with zero attached hydrogens (tertiary/aromatic N) is 3. The van der Waals surface area contributed by atoms with Crippen LogP contribution in [-0.4, -0.2) is 23.6 Å². The summed E-state index contributed by atoms with van der Waals surface area (Å²) in [6.07, 6.45) is 2.68. The Balaban J connectivity index is 2.10. The lowest BCUT2D eigenvalue weighted by Crippen LogP contribution is -2.20. The molecule has 0 aliphatic heterocycles. The van der Waals surface area contributed by atoms with Gasteiger partial charge in [-0.05, 0) is 17.5 Å². The molecule has 0 spiro atoms. The molecule has 1 aromatic carbocycles. The molecule has 5 heteroatoms. The zero-order valence-corrected chi connectivity index (χ0v) is 12.6. The van der Waals surface area contributed by atoms with Gasteiger partial charge in [-0.1, -0.05) is 31.2 Å². The van der Waals surface area contributed by atoms with Gasteiger partial charge in [-0.3, -0.25) is 0 Å². The van der Waals surface area contributed by atoms with Crippen LogP contribution in [0, 0.1) is 0 Å². The van der Waals surface area contributed by atoms with Gasteiger partial charge in [0.1, 0.15) is 0 Å². The molecule has 1 heterocycles. The molecule has 0 aliphatic rings. The van der Waals surface area contributed by atoms with E-state index in [2.05, 4.69) is 23.0 Å². The molecule has 0 atom stereocenters. The predicted octanol–water partition coefficient (Wildman–Crippen LogP) is 2.36. The Hall–Kier alpha value is -2.14. The maximum absolute atomic E-state index is 5.77. The summed E-state index contributed by atoms with van der Waals surface area (Å²) in [6.45, 7) is 3.98. The molecule has 2 aromatic rings. The molecule has 0 saturated heterocycles. The molecule has 0 bridgehead atoms. The van der Waals surface area contributed by atoms with Crippen LogP contribution < -0.4 is 15.4 Å². The first-order chi connectivity index (χ1) is 10.2. The Morgan fingerprint density at radius 1 is 1.19 bits per heavy atom. The fraction of sp³-hybridized carbons (Fsp3) is 0.375. The summed E-state index contributed by atoms with van der Waals surface area (Å²) in [5.41, 5.74) is 8.10. The molecule has 0 radical (unpaired) electrons. The van der Waals surface area contributed by atoms with E-state index in [1.165, 1.54) is 5.56 Å². The lowest BCUT2D eigenvalue weighted by atomic mass is 10.1. The van der Waals surface area contributed by atoms with E-state index in [1.54, 1.807) is 12.3 Å². The van der Waals surface area contributed by atoms with E-state index < -0.39 is 0 Å². The molecule has 0 saturated carbocycles. The standard InChI is InChI=1S/C16H22N4O/c1-3-10-21-15-8-9-18-16(19-15)20(2)12-14-7-5-4-6-13(14)11-17/h4-9H,3,10-12,17H2,1-2H3. The lowest BCUT2D eigenvalue weighted by Gasteiger charge is -2.19. The highest BCUT2D eigenvalue weighted by atomic mass is 16.5. The van der Waals surface area contributed by atoms with E-state index in [0.29, 0.717) is 31.5 Å². The third kappa shape index (κ3) is 4.16. The van der Waals surface area contributed by atoms with Gasteiger partial charge in [-0.15, -0.1) is 0 Å². The predicted molar refractivity (Wildman–Crippen MR) is 84.3 cm³/mol. The van der Waals surface area contributed by atoms with E-state index in [1.807, 2.05) is 30.1 Å². The van der Waals surface area contributed by atoms with Gasteiger partial charge < -0.3 is 15.4 Å². The van der Waals surface area contributed by atoms with E-state index in [0.717, 1.165) is 12.0 Å². The summed E-state index contributed by atoms with van der Waals surface area (Å²) >= 11 is 0. The summed E-state index contributed by atoms with van der Waals surface area (Å²) in [5, 5.41) is 0. The van der Waals surface area contributed by atoms with Crippen LogP contribution in [0.2, 0.25) is 0 Å². The minimum absolute atomic E-state index is 0.532. The summed E-state index contributed by atoms with van der Waals surface area (Å²) in [6, 6.07) is 9.92. The average Bonchev–Trinajstić information content (AvgIpc) is 2.53. The first kappa shape index (κ1) is 15.3. The van der Waals surface area contributed by atoms with Crippen molar-refractivity contribution in [3.8, 4) is 5.88 Å². The van der Waals surface area contributed by atoms with Crippen molar-refractivity contribution in [2.45, 2.75) is 26.4 Å². The van der Waals surface area contributed by atoms with Crippen molar-refractivity contribution >= 4 is 5.95 Å². The molecule has 2 N–H and O–H groups in total. The van der Waals surface area contributed by atoms with Gasteiger partial charge in [-0.2, -0.15) is 4.98 Å². The number of nitrogens with two attached hydrogens (primary N) is 1. The van der Waals surface area contributed by atoms with Crippen molar-refractivity contribution in [3.63, 3.8) is 0 Å². The molecule has 5 nitrogen and oxygen atoms in total. The maximum atomic E-state index is 5.77. The van der Waals surface area contributed by atoms with Gasteiger partial charge in [0.2, 0.25) is 11.8 Å². The van der Waals surface area contributed by atoms with Crippen LogP contribution in [0.4, 0.5) is 5.95 Å². The zero-order chi connectivity index (χ0) is 15.1. The Bertz CT molecular complexity index is 574. The second-order valence-electron chi connectivity index (χ2n) is 4.87. The van der Waals surface area contributed by atoms with Gasteiger partial charge in [-0.25, -0.2) is 4.98 Å². The van der Waals surface area contributed by atoms with E-state index in [4.69, 9.17) is 10.5 Å². The van der Waals surface area contributed by atoms with Crippen molar-refractivity contribution in [2.24, 2.45) is 5.73 Å². The topological polar surface area (TPSA) is 64.3 Å². The Morgan fingerprint density at radius 2 is 1.95 bits per heavy atom.